The van der Waals surface area contributed by atoms with Gasteiger partial charge in [0.25, 0.3) is 0 Å². The Bertz CT molecular complexity index is 1190. The molecule has 0 saturated heterocycles. The Kier molecular flexibility index (Phi) is 4.63. The van der Waals surface area contributed by atoms with Crippen LogP contribution in [-0.4, -0.2) is 36.8 Å². The van der Waals surface area contributed by atoms with Crippen LogP contribution in [0.3, 0.4) is 0 Å². The van der Waals surface area contributed by atoms with Gasteiger partial charge < -0.3 is 4.74 Å². The number of benzene rings is 2. The van der Waals surface area contributed by atoms with E-state index in [0.717, 1.165) is 0 Å². The maximum absolute atomic E-state index is 14.7. The quantitative estimate of drug-likeness (QED) is 0.491. The van der Waals surface area contributed by atoms with Crippen LogP contribution in [0.5, 0.6) is 5.75 Å². The lowest BCUT2D eigenvalue weighted by molar-refractivity contribution is -0.274. The van der Waals surface area contributed by atoms with E-state index in [9.17, 15) is 22.0 Å². The van der Waals surface area contributed by atoms with Crippen molar-refractivity contribution in [3.63, 3.8) is 0 Å². The third kappa shape index (κ3) is 3.67. The van der Waals surface area contributed by atoms with E-state index in [1.807, 2.05) is 5.21 Å². The van der Waals surface area contributed by atoms with Gasteiger partial charge >= 0.3 is 12.3 Å². The number of ether oxygens (including phenoxy) is 1. The molecule has 2 aromatic carbocycles. The zero-order valence-corrected chi connectivity index (χ0v) is 15.3. The number of alkyl halides is 5. The van der Waals surface area contributed by atoms with Crippen LogP contribution >= 0.6 is 0 Å². The molecule has 0 radical (unpaired) electrons. The topological polar surface area (TPSA) is 81.5 Å². The molecule has 0 atom stereocenters. The SMILES string of the molecule is Cc1nn(Cc2ccccc2OC(F)(F)F)c2cc(C(F)(F)c3nn[nH]n3)ccc12. The summed E-state index contributed by atoms with van der Waals surface area (Å²) in [5.74, 6) is -4.71. The number of rotatable bonds is 5. The normalized spacial score (nSPS) is 12.5. The van der Waals surface area contributed by atoms with Crippen molar-refractivity contribution in [1.29, 1.82) is 0 Å². The molecule has 0 aliphatic carbocycles. The third-order valence-corrected chi connectivity index (χ3v) is 4.44. The minimum Gasteiger partial charge on any atom is -0.405 e. The van der Waals surface area contributed by atoms with Crippen molar-refractivity contribution in [3.05, 3.63) is 65.1 Å². The smallest absolute Gasteiger partial charge is 0.405 e. The van der Waals surface area contributed by atoms with Gasteiger partial charge in [-0.1, -0.05) is 30.3 Å². The Hall–Kier alpha value is -3.57. The van der Waals surface area contributed by atoms with Gasteiger partial charge in [0.15, 0.2) is 0 Å². The number of para-hydroxylation sites is 1. The number of hydrogen-bond acceptors (Lipinski definition) is 5. The van der Waals surface area contributed by atoms with E-state index < -0.39 is 23.7 Å². The van der Waals surface area contributed by atoms with Gasteiger partial charge in [0.1, 0.15) is 5.75 Å². The lowest BCUT2D eigenvalue weighted by atomic mass is 10.1. The monoisotopic (exact) mass is 424 g/mol. The number of nitrogens with zero attached hydrogens (tertiary/aromatic N) is 5. The van der Waals surface area contributed by atoms with Gasteiger partial charge in [-0.05, 0) is 24.3 Å². The van der Waals surface area contributed by atoms with Crippen LogP contribution in [0.2, 0.25) is 0 Å². The van der Waals surface area contributed by atoms with Crippen LogP contribution in [0.4, 0.5) is 22.0 Å². The number of aromatic amines is 1. The van der Waals surface area contributed by atoms with Crippen molar-refractivity contribution >= 4 is 10.9 Å². The van der Waals surface area contributed by atoms with Crippen LogP contribution < -0.4 is 4.74 Å². The van der Waals surface area contributed by atoms with Gasteiger partial charge in [-0.2, -0.15) is 19.1 Å². The van der Waals surface area contributed by atoms with E-state index in [-0.39, 0.29) is 17.9 Å². The number of H-pyrrole nitrogens is 1. The molecule has 0 fully saturated rings. The molecule has 2 heterocycles. The second kappa shape index (κ2) is 7.04. The number of aryl methyl sites for hydroxylation is 1. The van der Waals surface area contributed by atoms with Gasteiger partial charge in [-0.15, -0.1) is 23.4 Å². The number of aromatic nitrogens is 6. The summed E-state index contributed by atoms with van der Waals surface area (Å²) in [6, 6.07) is 9.47. The molecule has 156 valence electrons. The molecule has 30 heavy (non-hydrogen) atoms. The lowest BCUT2D eigenvalue weighted by Crippen LogP contribution is -2.19. The Morgan fingerprint density at radius 1 is 1.07 bits per heavy atom. The predicted octanol–water partition coefficient (Wildman–Crippen LogP) is 3.94. The second-order valence-corrected chi connectivity index (χ2v) is 6.44. The molecular weight excluding hydrogens is 411 g/mol. The van der Waals surface area contributed by atoms with Crippen LogP contribution in [0, 0.1) is 6.92 Å². The molecular formula is C18H13F5N6O. The molecule has 0 unspecified atom stereocenters. The summed E-state index contributed by atoms with van der Waals surface area (Å²) in [4.78, 5) is 0. The summed E-state index contributed by atoms with van der Waals surface area (Å²) >= 11 is 0. The zero-order valence-electron chi connectivity index (χ0n) is 15.3. The highest BCUT2D eigenvalue weighted by Crippen LogP contribution is 2.35. The summed E-state index contributed by atoms with van der Waals surface area (Å²) in [5.41, 5.74) is 0.635. The van der Waals surface area contributed by atoms with E-state index in [0.29, 0.717) is 16.6 Å². The van der Waals surface area contributed by atoms with Gasteiger partial charge in [0.05, 0.1) is 17.8 Å². The Morgan fingerprint density at radius 2 is 1.83 bits per heavy atom. The fourth-order valence-electron chi connectivity index (χ4n) is 3.10. The third-order valence-electron chi connectivity index (χ3n) is 4.44. The van der Waals surface area contributed by atoms with Crippen molar-refractivity contribution < 1.29 is 26.7 Å². The summed E-state index contributed by atoms with van der Waals surface area (Å²) < 4.78 is 72.9. The Labute approximate surface area is 165 Å². The first-order chi connectivity index (χ1) is 14.1. The van der Waals surface area contributed by atoms with Crippen LogP contribution in [0.25, 0.3) is 10.9 Å². The highest BCUT2D eigenvalue weighted by atomic mass is 19.4. The summed E-state index contributed by atoms with van der Waals surface area (Å²) in [6.45, 7) is 1.56. The van der Waals surface area contributed by atoms with E-state index in [4.69, 9.17) is 0 Å². The first kappa shape index (κ1) is 19.7. The summed E-state index contributed by atoms with van der Waals surface area (Å²) in [5, 5.41) is 16.7. The highest BCUT2D eigenvalue weighted by Gasteiger charge is 2.39. The number of hydrogen-bond donors (Lipinski definition) is 1. The largest absolute Gasteiger partial charge is 0.573 e. The molecule has 0 spiro atoms. The maximum atomic E-state index is 14.7. The van der Waals surface area contributed by atoms with E-state index >= 15 is 0 Å². The molecule has 0 aliphatic rings. The van der Waals surface area contributed by atoms with E-state index in [1.165, 1.54) is 41.1 Å². The lowest BCUT2D eigenvalue weighted by Gasteiger charge is -2.15. The molecule has 2 aromatic heterocycles. The first-order valence-electron chi connectivity index (χ1n) is 8.58. The molecule has 7 nitrogen and oxygen atoms in total. The fourth-order valence-corrected chi connectivity index (χ4v) is 3.10. The molecule has 12 heteroatoms. The number of tetrazole rings is 1. The molecule has 0 amide bonds. The number of halogens is 5. The maximum Gasteiger partial charge on any atom is 0.573 e. The van der Waals surface area contributed by atoms with Crippen molar-refractivity contribution in [1.82, 2.24) is 30.4 Å². The van der Waals surface area contributed by atoms with Gasteiger partial charge in [0, 0.05) is 16.5 Å². The number of fused-ring (bicyclic) bond motifs is 1. The average molecular weight is 424 g/mol. The Morgan fingerprint density at radius 3 is 2.53 bits per heavy atom. The minimum absolute atomic E-state index is 0.117. The minimum atomic E-state index is -4.86. The molecule has 0 saturated carbocycles. The molecule has 0 bridgehead atoms. The molecule has 1 N–H and O–H groups in total. The molecule has 4 rings (SSSR count). The summed E-state index contributed by atoms with van der Waals surface area (Å²) in [7, 11) is 0. The van der Waals surface area contributed by atoms with Crippen LogP contribution in [-0.2, 0) is 12.5 Å². The summed E-state index contributed by atoms with van der Waals surface area (Å²) in [6.07, 6.45) is -4.86. The number of nitrogens with one attached hydrogen (secondary N) is 1. The second-order valence-electron chi connectivity index (χ2n) is 6.44. The van der Waals surface area contributed by atoms with Gasteiger partial charge in [-0.25, -0.2) is 0 Å². The van der Waals surface area contributed by atoms with Crippen molar-refractivity contribution in [2.75, 3.05) is 0 Å². The van der Waals surface area contributed by atoms with Gasteiger partial charge in [-0.3, -0.25) is 4.68 Å². The molecule has 4 aromatic rings. The van der Waals surface area contributed by atoms with Crippen LogP contribution in [0.1, 0.15) is 22.6 Å². The van der Waals surface area contributed by atoms with E-state index in [2.05, 4.69) is 25.2 Å². The van der Waals surface area contributed by atoms with Gasteiger partial charge in [0.2, 0.25) is 5.82 Å². The predicted molar refractivity (Wildman–Crippen MR) is 93.9 cm³/mol. The highest BCUT2D eigenvalue weighted by molar-refractivity contribution is 5.83. The standard InChI is InChI=1S/C18H13F5N6O/c1-10-13-7-6-12(17(19,20)16-24-27-28-25-16)8-14(13)29(26-10)9-11-4-2-3-5-15(11)30-18(21,22)23/h2-8H,9H2,1H3,(H,24,25,27,28). The first-order valence-corrected chi connectivity index (χ1v) is 8.58. The van der Waals surface area contributed by atoms with Crippen molar-refractivity contribution in [2.24, 2.45) is 0 Å². The Balaban J connectivity index is 1.76. The molecule has 0 aliphatic heterocycles. The van der Waals surface area contributed by atoms with E-state index in [1.54, 1.807) is 13.0 Å². The van der Waals surface area contributed by atoms with Crippen LogP contribution in [0.15, 0.2) is 42.5 Å². The van der Waals surface area contributed by atoms with Crippen molar-refractivity contribution in [2.45, 2.75) is 25.8 Å². The zero-order chi connectivity index (χ0) is 21.5. The fraction of sp³-hybridized carbons (Fsp3) is 0.222. The average Bonchev–Trinajstić information content (AvgIpc) is 3.32. The van der Waals surface area contributed by atoms with Crippen molar-refractivity contribution in [3.8, 4) is 5.75 Å².